The number of hydrogen-bond donors (Lipinski definition) is 1. The van der Waals surface area contributed by atoms with Crippen molar-refractivity contribution >= 4 is 5.96 Å². The summed E-state index contributed by atoms with van der Waals surface area (Å²) in [6.07, 6.45) is 1.33. The van der Waals surface area contributed by atoms with Gasteiger partial charge in [-0.2, -0.15) is 0 Å². The zero-order valence-electron chi connectivity index (χ0n) is 11.4. The number of hydrogen-bond acceptors (Lipinski definition) is 4. The summed E-state index contributed by atoms with van der Waals surface area (Å²) in [5.74, 6) is 2.67. The number of guanidine groups is 1. The molecule has 2 heterocycles. The molecule has 1 N–H and O–H groups in total. The lowest BCUT2D eigenvalue weighted by molar-refractivity contribution is 0.287. The van der Waals surface area contributed by atoms with E-state index in [-0.39, 0.29) is 0 Å². The van der Waals surface area contributed by atoms with Gasteiger partial charge in [0.05, 0.1) is 6.54 Å². The second-order valence-electron chi connectivity index (χ2n) is 5.82. The van der Waals surface area contributed by atoms with Gasteiger partial charge in [0.1, 0.15) is 0 Å². The Morgan fingerprint density at radius 1 is 1.41 bits per heavy atom. The normalized spacial score (nSPS) is 25.8. The minimum absolute atomic E-state index is 0.784. The van der Waals surface area contributed by atoms with Crippen molar-refractivity contribution in [3.05, 3.63) is 0 Å². The number of likely N-dealkylation sites (tertiary alicyclic amines) is 1. The highest BCUT2D eigenvalue weighted by Crippen LogP contribution is 2.16. The fourth-order valence-electron chi connectivity index (χ4n) is 2.72. The Labute approximate surface area is 105 Å². The van der Waals surface area contributed by atoms with E-state index >= 15 is 0 Å². The van der Waals surface area contributed by atoms with Crippen LogP contribution in [0.3, 0.4) is 0 Å². The van der Waals surface area contributed by atoms with Crippen molar-refractivity contribution in [2.75, 3.05) is 46.3 Å². The van der Waals surface area contributed by atoms with Crippen LogP contribution in [0.4, 0.5) is 0 Å². The summed E-state index contributed by atoms with van der Waals surface area (Å²) in [6.45, 7) is 11.5. The first kappa shape index (κ1) is 12.7. The summed E-state index contributed by atoms with van der Waals surface area (Å²) in [7, 11) is 2.11. The highest BCUT2D eigenvalue weighted by molar-refractivity contribution is 5.81. The first-order valence-corrected chi connectivity index (χ1v) is 6.87. The Balaban J connectivity index is 1.68. The van der Waals surface area contributed by atoms with E-state index < -0.39 is 0 Å². The van der Waals surface area contributed by atoms with E-state index in [9.17, 15) is 0 Å². The fourth-order valence-corrected chi connectivity index (χ4v) is 2.72. The van der Waals surface area contributed by atoms with Crippen LogP contribution in [-0.4, -0.2) is 62.1 Å². The molecule has 98 valence electrons. The van der Waals surface area contributed by atoms with Gasteiger partial charge in [-0.3, -0.25) is 4.99 Å². The topological polar surface area (TPSA) is 30.9 Å². The van der Waals surface area contributed by atoms with E-state index in [0.29, 0.717) is 0 Å². The Bertz CT molecular complexity index is 275. The summed E-state index contributed by atoms with van der Waals surface area (Å²) in [6, 6.07) is 0. The SMILES string of the molecule is CC(C)CN1CCC(CNC2=NCCN2C)C1. The van der Waals surface area contributed by atoms with Crippen molar-refractivity contribution in [2.24, 2.45) is 16.8 Å². The van der Waals surface area contributed by atoms with Gasteiger partial charge in [0.25, 0.3) is 0 Å². The third kappa shape index (κ3) is 3.60. The van der Waals surface area contributed by atoms with Gasteiger partial charge < -0.3 is 15.1 Å². The molecule has 0 spiro atoms. The predicted octanol–water partition coefficient (Wildman–Crippen LogP) is 0.855. The van der Waals surface area contributed by atoms with Crippen molar-refractivity contribution in [1.29, 1.82) is 0 Å². The van der Waals surface area contributed by atoms with E-state index in [1.165, 1.54) is 26.1 Å². The number of nitrogens with one attached hydrogen (secondary N) is 1. The third-order valence-corrected chi connectivity index (χ3v) is 3.60. The monoisotopic (exact) mass is 238 g/mol. The molecule has 0 aliphatic carbocycles. The smallest absolute Gasteiger partial charge is 0.193 e. The molecule has 4 nitrogen and oxygen atoms in total. The van der Waals surface area contributed by atoms with E-state index in [0.717, 1.165) is 37.4 Å². The fraction of sp³-hybridized carbons (Fsp3) is 0.923. The van der Waals surface area contributed by atoms with Crippen LogP contribution >= 0.6 is 0 Å². The third-order valence-electron chi connectivity index (χ3n) is 3.60. The molecule has 17 heavy (non-hydrogen) atoms. The van der Waals surface area contributed by atoms with Crippen LogP contribution in [0.2, 0.25) is 0 Å². The molecule has 4 heteroatoms. The number of nitrogens with zero attached hydrogens (tertiary/aromatic N) is 3. The van der Waals surface area contributed by atoms with Crippen LogP contribution in [0.25, 0.3) is 0 Å². The predicted molar refractivity (Wildman–Crippen MR) is 72.3 cm³/mol. The number of rotatable bonds is 4. The highest BCUT2D eigenvalue weighted by atomic mass is 15.3. The maximum absolute atomic E-state index is 4.46. The van der Waals surface area contributed by atoms with Crippen molar-refractivity contribution in [1.82, 2.24) is 15.1 Å². The number of likely N-dealkylation sites (N-methyl/N-ethyl adjacent to an activating group) is 1. The van der Waals surface area contributed by atoms with Crippen LogP contribution in [0.1, 0.15) is 20.3 Å². The first-order chi connectivity index (χ1) is 8.15. The highest BCUT2D eigenvalue weighted by Gasteiger charge is 2.23. The van der Waals surface area contributed by atoms with Gasteiger partial charge in [-0.05, 0) is 24.8 Å². The van der Waals surface area contributed by atoms with Crippen LogP contribution in [-0.2, 0) is 0 Å². The summed E-state index contributed by atoms with van der Waals surface area (Å²) >= 11 is 0. The number of aliphatic imine (C=N–C) groups is 1. The molecule has 2 aliphatic heterocycles. The standard InChI is InChI=1S/C13H26N4/c1-11(2)9-17-6-4-12(10-17)8-15-13-14-5-7-16(13)3/h11-12H,4-10H2,1-3H3,(H,14,15). The van der Waals surface area contributed by atoms with Crippen LogP contribution < -0.4 is 5.32 Å². The molecule has 0 bridgehead atoms. The Hall–Kier alpha value is -0.770. The largest absolute Gasteiger partial charge is 0.356 e. The van der Waals surface area contributed by atoms with Crippen molar-refractivity contribution in [2.45, 2.75) is 20.3 Å². The maximum Gasteiger partial charge on any atom is 0.193 e. The lowest BCUT2D eigenvalue weighted by Crippen LogP contribution is -2.38. The summed E-state index contributed by atoms with van der Waals surface area (Å²) in [5, 5.41) is 3.50. The average molecular weight is 238 g/mol. The summed E-state index contributed by atoms with van der Waals surface area (Å²) < 4.78 is 0. The Morgan fingerprint density at radius 3 is 2.88 bits per heavy atom. The minimum atomic E-state index is 0.784. The van der Waals surface area contributed by atoms with Crippen LogP contribution in [0.15, 0.2) is 4.99 Å². The summed E-state index contributed by atoms with van der Waals surface area (Å²) in [5.41, 5.74) is 0. The molecule has 0 saturated carbocycles. The first-order valence-electron chi connectivity index (χ1n) is 6.87. The van der Waals surface area contributed by atoms with E-state index in [4.69, 9.17) is 0 Å². The molecule has 1 unspecified atom stereocenters. The van der Waals surface area contributed by atoms with Gasteiger partial charge in [-0.1, -0.05) is 13.8 Å². The Morgan fingerprint density at radius 2 is 2.24 bits per heavy atom. The zero-order chi connectivity index (χ0) is 12.3. The second kappa shape index (κ2) is 5.71. The molecule has 1 fully saturated rings. The van der Waals surface area contributed by atoms with Crippen molar-refractivity contribution in [3.8, 4) is 0 Å². The maximum atomic E-state index is 4.46. The van der Waals surface area contributed by atoms with Gasteiger partial charge in [-0.15, -0.1) is 0 Å². The van der Waals surface area contributed by atoms with Crippen LogP contribution in [0, 0.1) is 11.8 Å². The van der Waals surface area contributed by atoms with Gasteiger partial charge in [0.15, 0.2) is 5.96 Å². The van der Waals surface area contributed by atoms with E-state index in [1.54, 1.807) is 0 Å². The summed E-state index contributed by atoms with van der Waals surface area (Å²) in [4.78, 5) is 9.27. The van der Waals surface area contributed by atoms with Crippen LogP contribution in [0.5, 0.6) is 0 Å². The molecule has 1 saturated heterocycles. The molecule has 0 amide bonds. The quantitative estimate of drug-likeness (QED) is 0.788. The molecule has 0 aromatic rings. The van der Waals surface area contributed by atoms with Gasteiger partial charge in [0.2, 0.25) is 0 Å². The lowest BCUT2D eigenvalue weighted by Gasteiger charge is -2.20. The van der Waals surface area contributed by atoms with E-state index in [2.05, 4.69) is 41.0 Å². The van der Waals surface area contributed by atoms with Gasteiger partial charge >= 0.3 is 0 Å². The van der Waals surface area contributed by atoms with Gasteiger partial charge in [0, 0.05) is 33.2 Å². The van der Waals surface area contributed by atoms with E-state index in [1.807, 2.05) is 0 Å². The molecular weight excluding hydrogens is 212 g/mol. The van der Waals surface area contributed by atoms with Crippen molar-refractivity contribution < 1.29 is 0 Å². The second-order valence-corrected chi connectivity index (χ2v) is 5.82. The Kier molecular flexibility index (Phi) is 4.26. The molecular formula is C13H26N4. The molecule has 0 radical (unpaired) electrons. The lowest BCUT2D eigenvalue weighted by atomic mass is 10.1. The zero-order valence-corrected chi connectivity index (χ0v) is 11.4. The van der Waals surface area contributed by atoms with Crippen molar-refractivity contribution in [3.63, 3.8) is 0 Å². The minimum Gasteiger partial charge on any atom is -0.356 e. The molecule has 0 aromatic carbocycles. The molecule has 0 aromatic heterocycles. The molecule has 1 atom stereocenters. The molecule has 2 aliphatic rings. The average Bonchev–Trinajstić information content (AvgIpc) is 2.84. The molecule has 2 rings (SSSR count). The van der Waals surface area contributed by atoms with Gasteiger partial charge in [-0.25, -0.2) is 0 Å².